The van der Waals surface area contributed by atoms with Crippen LogP contribution in [0.4, 0.5) is 5.82 Å². The van der Waals surface area contributed by atoms with E-state index in [1.807, 2.05) is 0 Å². The summed E-state index contributed by atoms with van der Waals surface area (Å²) in [4.78, 5) is 25.9. The molecule has 0 spiro atoms. The quantitative estimate of drug-likeness (QED) is 0.653. The van der Waals surface area contributed by atoms with E-state index in [4.69, 9.17) is 0 Å². The van der Waals surface area contributed by atoms with E-state index >= 15 is 0 Å². The molecule has 0 fully saturated rings. The largest absolute Gasteiger partial charge is 0.348 e. The van der Waals surface area contributed by atoms with Crippen molar-refractivity contribution in [3.8, 4) is 0 Å². The molecule has 12 heavy (non-hydrogen) atoms. The SMILES string of the molecule is CC(=O)C(=O)N(C)c1ccc[nH]1. The van der Waals surface area contributed by atoms with Crippen LogP contribution < -0.4 is 4.90 Å². The second-order valence-electron chi connectivity index (χ2n) is 2.48. The molecule has 1 amide bonds. The van der Waals surface area contributed by atoms with Gasteiger partial charge in [-0.15, -0.1) is 0 Å². The van der Waals surface area contributed by atoms with Crippen molar-refractivity contribution in [1.82, 2.24) is 4.98 Å². The van der Waals surface area contributed by atoms with Gasteiger partial charge in [-0.2, -0.15) is 0 Å². The van der Waals surface area contributed by atoms with Gasteiger partial charge < -0.3 is 4.98 Å². The fourth-order valence-electron chi connectivity index (χ4n) is 0.875. The van der Waals surface area contributed by atoms with Gasteiger partial charge in [0.15, 0.2) is 0 Å². The summed E-state index contributed by atoms with van der Waals surface area (Å²) in [6.45, 7) is 1.25. The second-order valence-corrected chi connectivity index (χ2v) is 2.48. The van der Waals surface area contributed by atoms with Crippen LogP contribution in [0.2, 0.25) is 0 Å². The van der Waals surface area contributed by atoms with Crippen molar-refractivity contribution in [2.75, 3.05) is 11.9 Å². The zero-order chi connectivity index (χ0) is 9.14. The van der Waals surface area contributed by atoms with E-state index in [1.165, 1.54) is 11.8 Å². The number of rotatable bonds is 2. The van der Waals surface area contributed by atoms with Gasteiger partial charge >= 0.3 is 0 Å². The molecule has 4 nitrogen and oxygen atoms in total. The first-order valence-electron chi connectivity index (χ1n) is 3.55. The number of anilines is 1. The van der Waals surface area contributed by atoms with Gasteiger partial charge in [-0.1, -0.05) is 0 Å². The third-order valence-corrected chi connectivity index (χ3v) is 1.55. The molecular weight excluding hydrogens is 156 g/mol. The Kier molecular flexibility index (Phi) is 2.28. The van der Waals surface area contributed by atoms with Crippen molar-refractivity contribution in [2.24, 2.45) is 0 Å². The third kappa shape index (κ3) is 1.53. The molecule has 0 atom stereocenters. The predicted molar refractivity (Wildman–Crippen MR) is 44.9 cm³/mol. The number of H-pyrrole nitrogens is 1. The second kappa shape index (κ2) is 3.21. The average Bonchev–Trinajstić information content (AvgIpc) is 2.53. The number of ketones is 1. The molecule has 0 radical (unpaired) electrons. The summed E-state index contributed by atoms with van der Waals surface area (Å²) in [5.41, 5.74) is 0. The van der Waals surface area contributed by atoms with Crippen LogP contribution in [-0.4, -0.2) is 23.7 Å². The highest BCUT2D eigenvalue weighted by Gasteiger charge is 2.15. The third-order valence-electron chi connectivity index (χ3n) is 1.55. The number of hydrogen-bond donors (Lipinski definition) is 1. The maximum Gasteiger partial charge on any atom is 0.294 e. The Balaban J connectivity index is 2.79. The Hall–Kier alpha value is -1.58. The van der Waals surface area contributed by atoms with E-state index in [0.29, 0.717) is 5.82 Å². The highest BCUT2D eigenvalue weighted by Crippen LogP contribution is 2.07. The lowest BCUT2D eigenvalue weighted by molar-refractivity contribution is -0.134. The lowest BCUT2D eigenvalue weighted by Gasteiger charge is -2.12. The van der Waals surface area contributed by atoms with Crippen molar-refractivity contribution in [3.05, 3.63) is 18.3 Å². The van der Waals surface area contributed by atoms with Gasteiger partial charge in [0.25, 0.3) is 5.91 Å². The molecule has 1 N–H and O–H groups in total. The molecule has 0 bridgehead atoms. The van der Waals surface area contributed by atoms with Crippen molar-refractivity contribution in [3.63, 3.8) is 0 Å². The summed E-state index contributed by atoms with van der Waals surface area (Å²) < 4.78 is 0. The van der Waals surface area contributed by atoms with Crippen LogP contribution in [0.3, 0.4) is 0 Å². The van der Waals surface area contributed by atoms with Crippen molar-refractivity contribution >= 4 is 17.5 Å². The summed E-state index contributed by atoms with van der Waals surface area (Å²) >= 11 is 0. The Morgan fingerprint density at radius 3 is 2.58 bits per heavy atom. The minimum atomic E-state index is -0.516. The van der Waals surface area contributed by atoms with Crippen LogP contribution in [0.5, 0.6) is 0 Å². The van der Waals surface area contributed by atoms with E-state index in [0.717, 1.165) is 0 Å². The number of likely N-dealkylation sites (N-methyl/N-ethyl adjacent to an activating group) is 1. The molecule has 1 heterocycles. The first-order valence-corrected chi connectivity index (χ1v) is 3.55. The van der Waals surface area contributed by atoms with E-state index in [2.05, 4.69) is 4.98 Å². The lowest BCUT2D eigenvalue weighted by atomic mass is 10.4. The maximum atomic E-state index is 11.1. The summed E-state index contributed by atoms with van der Waals surface area (Å²) in [6, 6.07) is 3.49. The van der Waals surface area contributed by atoms with Gasteiger partial charge in [0.2, 0.25) is 5.78 Å². The normalized spacial score (nSPS) is 9.50. The predicted octanol–water partition coefficient (Wildman–Crippen LogP) is 0.567. The van der Waals surface area contributed by atoms with Crippen LogP contribution in [0.25, 0.3) is 0 Å². The van der Waals surface area contributed by atoms with Crippen molar-refractivity contribution in [2.45, 2.75) is 6.92 Å². The maximum absolute atomic E-state index is 11.1. The van der Waals surface area contributed by atoms with Crippen LogP contribution in [0, 0.1) is 0 Å². The Morgan fingerprint density at radius 1 is 1.50 bits per heavy atom. The van der Waals surface area contributed by atoms with Crippen LogP contribution in [0.15, 0.2) is 18.3 Å². The number of carbonyl (C=O) groups is 2. The molecule has 1 aromatic rings. The minimum absolute atomic E-state index is 0.466. The molecular formula is C8H10N2O2. The van der Waals surface area contributed by atoms with Crippen molar-refractivity contribution < 1.29 is 9.59 Å². The molecule has 0 unspecified atom stereocenters. The number of amides is 1. The Labute approximate surface area is 70.2 Å². The molecule has 0 saturated carbocycles. The van der Waals surface area contributed by atoms with Gasteiger partial charge in [0, 0.05) is 20.2 Å². The molecule has 0 aliphatic heterocycles. The number of hydrogen-bond acceptors (Lipinski definition) is 2. The first kappa shape index (κ1) is 8.52. The fraction of sp³-hybridized carbons (Fsp3) is 0.250. The summed E-state index contributed by atoms with van der Waals surface area (Å²) in [5.74, 6) is -0.361. The first-order chi connectivity index (χ1) is 5.63. The molecule has 0 saturated heterocycles. The lowest BCUT2D eigenvalue weighted by Crippen LogP contribution is -2.31. The average molecular weight is 166 g/mol. The molecule has 1 rings (SSSR count). The number of aromatic amines is 1. The standard InChI is InChI=1S/C8H10N2O2/c1-6(11)8(12)10(2)7-4-3-5-9-7/h3-5,9H,1-2H3. The Morgan fingerprint density at radius 2 is 2.17 bits per heavy atom. The smallest absolute Gasteiger partial charge is 0.294 e. The van der Waals surface area contributed by atoms with Gasteiger partial charge in [-0.25, -0.2) is 0 Å². The molecule has 0 aromatic carbocycles. The van der Waals surface area contributed by atoms with E-state index in [-0.39, 0.29) is 0 Å². The van der Waals surface area contributed by atoms with Gasteiger partial charge in [-0.3, -0.25) is 14.5 Å². The van der Waals surface area contributed by atoms with Crippen LogP contribution in [0.1, 0.15) is 6.92 Å². The van der Waals surface area contributed by atoms with E-state index < -0.39 is 11.7 Å². The number of aromatic nitrogens is 1. The summed E-state index contributed by atoms with van der Waals surface area (Å²) in [7, 11) is 1.55. The van der Waals surface area contributed by atoms with Crippen molar-refractivity contribution in [1.29, 1.82) is 0 Å². The number of nitrogens with zero attached hydrogens (tertiary/aromatic N) is 1. The van der Waals surface area contributed by atoms with Gasteiger partial charge in [0.05, 0.1) is 0 Å². The fourth-order valence-corrected chi connectivity index (χ4v) is 0.875. The van der Waals surface area contributed by atoms with Crippen LogP contribution >= 0.6 is 0 Å². The zero-order valence-corrected chi connectivity index (χ0v) is 7.00. The highest BCUT2D eigenvalue weighted by molar-refractivity contribution is 6.40. The number of Topliss-reactive ketones (excluding diaryl/α,β-unsaturated/α-hetero) is 1. The number of nitrogens with one attached hydrogen (secondary N) is 1. The molecule has 1 aromatic heterocycles. The van der Waals surface area contributed by atoms with E-state index in [9.17, 15) is 9.59 Å². The zero-order valence-electron chi connectivity index (χ0n) is 7.00. The van der Waals surface area contributed by atoms with E-state index in [1.54, 1.807) is 25.4 Å². The number of carbonyl (C=O) groups excluding carboxylic acids is 2. The topological polar surface area (TPSA) is 53.2 Å². The molecule has 64 valence electrons. The molecule has 0 aliphatic rings. The highest BCUT2D eigenvalue weighted by atomic mass is 16.2. The summed E-state index contributed by atoms with van der Waals surface area (Å²) in [6.07, 6.45) is 1.69. The monoisotopic (exact) mass is 166 g/mol. The Bertz CT molecular complexity index is 290. The molecule has 0 aliphatic carbocycles. The molecule has 4 heteroatoms. The van der Waals surface area contributed by atoms with Crippen LogP contribution in [-0.2, 0) is 9.59 Å². The summed E-state index contributed by atoms with van der Waals surface area (Å²) in [5, 5.41) is 0. The minimum Gasteiger partial charge on any atom is -0.348 e. The van der Waals surface area contributed by atoms with Gasteiger partial charge in [-0.05, 0) is 12.1 Å². The van der Waals surface area contributed by atoms with Gasteiger partial charge in [0.1, 0.15) is 5.82 Å².